The first-order chi connectivity index (χ1) is 20.2. The third-order valence-corrected chi connectivity index (χ3v) is 6.35. The number of rotatable bonds is 2. The predicted octanol–water partition coefficient (Wildman–Crippen LogP) is 11.4. The van der Waals surface area contributed by atoms with Crippen molar-refractivity contribution < 1.29 is 25.8 Å². The zero-order chi connectivity index (χ0) is 30.3. The fourth-order valence-corrected chi connectivity index (χ4v) is 4.19. The molecular formula is C40H40HfN2-4. The van der Waals surface area contributed by atoms with E-state index in [-0.39, 0.29) is 25.8 Å². The van der Waals surface area contributed by atoms with Gasteiger partial charge in [0.1, 0.15) is 0 Å². The summed E-state index contributed by atoms with van der Waals surface area (Å²) in [5, 5.41) is 6.06. The minimum atomic E-state index is 0. The molecule has 0 radical (unpaired) electrons. The number of aromatic nitrogens is 1. The van der Waals surface area contributed by atoms with Crippen LogP contribution in [0.3, 0.4) is 0 Å². The molecule has 2 nitrogen and oxygen atoms in total. The minimum absolute atomic E-state index is 0. The minimum Gasteiger partial charge on any atom is -0.656 e. The Morgan fingerprint density at radius 3 is 1.30 bits per heavy atom. The SMILES string of the molecule is Cc1cc(C)c2cccc([N-]c3c(C)cccc3C)c2n1.[CH2-]c1ccccc1.[CH2-]c1ccccc1.[CH2-]c1ccccc1.[Hf]. The molecule has 0 bridgehead atoms. The van der Waals surface area contributed by atoms with Crippen LogP contribution in [0.25, 0.3) is 16.2 Å². The summed E-state index contributed by atoms with van der Waals surface area (Å²) in [6.45, 7) is 19.5. The Morgan fingerprint density at radius 1 is 0.488 bits per heavy atom. The molecule has 0 N–H and O–H groups in total. The summed E-state index contributed by atoms with van der Waals surface area (Å²) in [7, 11) is 0. The van der Waals surface area contributed by atoms with E-state index < -0.39 is 0 Å². The average molecular weight is 727 g/mol. The standard InChI is InChI=1S/C19H19N2.3C7H7.Hf/c1-12-7-5-8-13(2)18(12)21-17-10-6-9-16-14(3)11-15(4)20-19(16)17;3*1-7-5-3-2-4-6-7;/h5-11H,1-4H3;3*2-6H,1H2;/q4*-1;. The van der Waals surface area contributed by atoms with Gasteiger partial charge >= 0.3 is 0 Å². The van der Waals surface area contributed by atoms with Crippen molar-refractivity contribution in [3.05, 3.63) is 199 Å². The second kappa shape index (κ2) is 18.4. The Bertz CT molecular complexity index is 1540. The normalized spacial score (nSPS) is 9.49. The van der Waals surface area contributed by atoms with Crippen LogP contribution < -0.4 is 0 Å². The van der Waals surface area contributed by atoms with Crippen molar-refractivity contribution in [2.45, 2.75) is 27.7 Å². The Labute approximate surface area is 278 Å². The summed E-state index contributed by atoms with van der Waals surface area (Å²) in [6, 6.07) is 44.2. The second-order valence-electron chi connectivity index (χ2n) is 10.1. The first-order valence-electron chi connectivity index (χ1n) is 14.0. The van der Waals surface area contributed by atoms with E-state index in [2.05, 4.69) is 77.9 Å². The van der Waals surface area contributed by atoms with Gasteiger partial charge in [-0.1, -0.05) is 65.7 Å². The number of hydrogen-bond acceptors (Lipinski definition) is 1. The predicted molar refractivity (Wildman–Crippen MR) is 183 cm³/mol. The molecule has 0 unspecified atom stereocenters. The summed E-state index contributed by atoms with van der Waals surface area (Å²) in [5.41, 5.74) is 10.8. The third-order valence-electron chi connectivity index (χ3n) is 6.35. The summed E-state index contributed by atoms with van der Waals surface area (Å²) in [6.07, 6.45) is 0. The van der Waals surface area contributed by atoms with Gasteiger partial charge in [-0.2, -0.15) is 73.9 Å². The molecule has 0 spiro atoms. The van der Waals surface area contributed by atoms with Gasteiger partial charge in [-0.3, -0.25) is 4.98 Å². The van der Waals surface area contributed by atoms with E-state index in [9.17, 15) is 0 Å². The zero-order valence-electron chi connectivity index (χ0n) is 25.7. The fraction of sp³-hybridized carbons (Fsp3) is 0.100. The molecule has 5 aromatic carbocycles. The van der Waals surface area contributed by atoms with Crippen LogP contribution in [0.4, 0.5) is 11.4 Å². The fourth-order valence-electron chi connectivity index (χ4n) is 4.19. The molecule has 3 heteroatoms. The Hall–Kier alpha value is -4.21. The molecule has 0 aliphatic rings. The quantitative estimate of drug-likeness (QED) is 0.129. The van der Waals surface area contributed by atoms with Crippen molar-refractivity contribution in [2.75, 3.05) is 0 Å². The Morgan fingerprint density at radius 2 is 0.907 bits per heavy atom. The first-order valence-corrected chi connectivity index (χ1v) is 14.0. The molecule has 6 rings (SSSR count). The van der Waals surface area contributed by atoms with E-state index in [0.29, 0.717) is 0 Å². The van der Waals surface area contributed by atoms with Crippen LogP contribution >= 0.6 is 0 Å². The third kappa shape index (κ3) is 11.9. The van der Waals surface area contributed by atoms with E-state index >= 15 is 0 Å². The van der Waals surface area contributed by atoms with Crippen molar-refractivity contribution in [3.8, 4) is 0 Å². The molecule has 218 valence electrons. The van der Waals surface area contributed by atoms with Crippen LogP contribution in [-0.2, 0) is 25.8 Å². The summed E-state index contributed by atoms with van der Waals surface area (Å²) in [4.78, 5) is 4.70. The maximum atomic E-state index is 4.89. The molecule has 1 aromatic heterocycles. The van der Waals surface area contributed by atoms with Gasteiger partial charge in [0.15, 0.2) is 0 Å². The maximum absolute atomic E-state index is 4.89. The van der Waals surface area contributed by atoms with Crippen LogP contribution in [0, 0.1) is 48.5 Å². The Kier molecular flexibility index (Phi) is 14.9. The summed E-state index contributed by atoms with van der Waals surface area (Å²) >= 11 is 0. The molecule has 0 amide bonds. The van der Waals surface area contributed by atoms with Crippen molar-refractivity contribution in [2.24, 2.45) is 0 Å². The van der Waals surface area contributed by atoms with E-state index in [1.165, 1.54) is 22.1 Å². The van der Waals surface area contributed by atoms with E-state index in [0.717, 1.165) is 39.3 Å². The van der Waals surface area contributed by atoms with Crippen molar-refractivity contribution in [1.82, 2.24) is 4.98 Å². The molecule has 0 aliphatic carbocycles. The summed E-state index contributed by atoms with van der Waals surface area (Å²) in [5.74, 6) is 0. The van der Waals surface area contributed by atoms with Gasteiger partial charge in [0.05, 0.1) is 5.52 Å². The summed E-state index contributed by atoms with van der Waals surface area (Å²) < 4.78 is 0. The van der Waals surface area contributed by atoms with Crippen molar-refractivity contribution >= 4 is 22.3 Å². The molecule has 6 aromatic rings. The molecule has 43 heavy (non-hydrogen) atoms. The van der Waals surface area contributed by atoms with E-state index in [1.807, 2.05) is 104 Å². The van der Waals surface area contributed by atoms with Gasteiger partial charge in [-0.25, -0.2) is 0 Å². The zero-order valence-corrected chi connectivity index (χ0v) is 29.3. The number of hydrogen-bond donors (Lipinski definition) is 0. The smallest absolute Gasteiger partial charge is 0.0561 e. The molecular weight excluding hydrogens is 687 g/mol. The number of benzene rings is 5. The van der Waals surface area contributed by atoms with Gasteiger partial charge in [0, 0.05) is 36.9 Å². The number of pyridine rings is 1. The van der Waals surface area contributed by atoms with E-state index in [1.54, 1.807) is 0 Å². The maximum Gasteiger partial charge on any atom is 0.0561 e. The van der Waals surface area contributed by atoms with Gasteiger partial charge < -0.3 is 5.32 Å². The topological polar surface area (TPSA) is 27.0 Å². The van der Waals surface area contributed by atoms with Gasteiger partial charge in [-0.05, 0) is 39.3 Å². The van der Waals surface area contributed by atoms with Crippen LogP contribution in [0.1, 0.15) is 39.1 Å². The van der Waals surface area contributed by atoms with Crippen LogP contribution in [0.5, 0.6) is 0 Å². The molecule has 0 saturated heterocycles. The number of para-hydroxylation sites is 2. The molecule has 1 heterocycles. The number of fused-ring (bicyclic) bond motifs is 1. The van der Waals surface area contributed by atoms with Crippen LogP contribution in [0.2, 0.25) is 0 Å². The molecule has 0 atom stereocenters. The Balaban J connectivity index is 0.000000239. The number of aryl methyl sites for hydroxylation is 4. The van der Waals surface area contributed by atoms with Gasteiger partial charge in [0.2, 0.25) is 0 Å². The van der Waals surface area contributed by atoms with Crippen LogP contribution in [-0.4, -0.2) is 4.98 Å². The molecule has 0 aliphatic heterocycles. The van der Waals surface area contributed by atoms with E-state index in [4.69, 9.17) is 10.3 Å². The average Bonchev–Trinajstić information content (AvgIpc) is 2.98. The monoisotopic (exact) mass is 728 g/mol. The van der Waals surface area contributed by atoms with Crippen molar-refractivity contribution in [1.29, 1.82) is 0 Å². The number of nitrogens with zero attached hydrogens (tertiary/aromatic N) is 2. The second-order valence-corrected chi connectivity index (χ2v) is 10.1. The largest absolute Gasteiger partial charge is 0.656 e. The van der Waals surface area contributed by atoms with Gasteiger partial charge in [-0.15, -0.1) is 47.8 Å². The molecule has 0 saturated carbocycles. The van der Waals surface area contributed by atoms with Crippen molar-refractivity contribution in [3.63, 3.8) is 0 Å². The van der Waals surface area contributed by atoms with Crippen LogP contribution in [0.15, 0.2) is 133 Å². The van der Waals surface area contributed by atoms with Gasteiger partial charge in [0.25, 0.3) is 0 Å². The first kappa shape index (κ1) is 35.0. The molecule has 0 fully saturated rings.